The molecular formula is C15H19NO3. The molecule has 0 heterocycles. The predicted molar refractivity (Wildman–Crippen MR) is 74.9 cm³/mol. The standard InChI is InChI=1S/C15H19NO3/c1-12-6-7-14(16-15(18)8-10-19-2)11-13(12)5-3-4-9-17/h6-7,11,17H,4,8-10H2,1-2H3,(H,16,18). The molecule has 4 heteroatoms. The van der Waals surface area contributed by atoms with Crippen LogP contribution in [0, 0.1) is 18.8 Å². The van der Waals surface area contributed by atoms with Gasteiger partial charge in [-0.3, -0.25) is 4.79 Å². The van der Waals surface area contributed by atoms with Gasteiger partial charge in [-0.15, -0.1) is 0 Å². The second-order valence-electron chi connectivity index (χ2n) is 4.10. The summed E-state index contributed by atoms with van der Waals surface area (Å²) in [5.74, 6) is 5.78. The van der Waals surface area contributed by atoms with E-state index in [1.54, 1.807) is 7.11 Å². The lowest BCUT2D eigenvalue weighted by molar-refractivity contribution is -0.117. The van der Waals surface area contributed by atoms with Gasteiger partial charge >= 0.3 is 0 Å². The summed E-state index contributed by atoms with van der Waals surface area (Å²) in [6, 6.07) is 5.59. The number of ether oxygens (including phenoxy) is 1. The van der Waals surface area contributed by atoms with Gasteiger partial charge in [0, 0.05) is 24.8 Å². The highest BCUT2D eigenvalue weighted by molar-refractivity contribution is 5.91. The zero-order valence-electron chi connectivity index (χ0n) is 11.3. The maximum absolute atomic E-state index is 11.6. The van der Waals surface area contributed by atoms with Crippen LogP contribution in [0.5, 0.6) is 0 Å². The van der Waals surface area contributed by atoms with Crippen molar-refractivity contribution in [3.8, 4) is 11.8 Å². The quantitative estimate of drug-likeness (QED) is 0.793. The Bertz CT molecular complexity index is 486. The number of carbonyl (C=O) groups excluding carboxylic acids is 1. The topological polar surface area (TPSA) is 58.6 Å². The van der Waals surface area contributed by atoms with E-state index in [0.717, 1.165) is 16.8 Å². The van der Waals surface area contributed by atoms with E-state index in [4.69, 9.17) is 9.84 Å². The first kappa shape index (κ1) is 15.2. The molecular weight excluding hydrogens is 242 g/mol. The number of rotatable bonds is 5. The summed E-state index contributed by atoms with van der Waals surface area (Å²) in [5, 5.41) is 11.5. The molecule has 0 unspecified atom stereocenters. The molecule has 19 heavy (non-hydrogen) atoms. The lowest BCUT2D eigenvalue weighted by Gasteiger charge is -2.07. The highest BCUT2D eigenvalue weighted by atomic mass is 16.5. The van der Waals surface area contributed by atoms with Crippen LogP contribution < -0.4 is 5.32 Å². The average molecular weight is 261 g/mol. The van der Waals surface area contributed by atoms with E-state index in [1.807, 2.05) is 25.1 Å². The Morgan fingerprint density at radius 2 is 2.26 bits per heavy atom. The molecule has 0 atom stereocenters. The normalized spacial score (nSPS) is 9.63. The van der Waals surface area contributed by atoms with Gasteiger partial charge in [-0.05, 0) is 24.6 Å². The molecule has 0 aromatic heterocycles. The molecule has 0 saturated carbocycles. The molecule has 1 amide bonds. The molecule has 0 bridgehead atoms. The maximum atomic E-state index is 11.6. The van der Waals surface area contributed by atoms with Crippen LogP contribution in [0.1, 0.15) is 24.0 Å². The van der Waals surface area contributed by atoms with Crippen LogP contribution in [-0.2, 0) is 9.53 Å². The minimum absolute atomic E-state index is 0.0551. The van der Waals surface area contributed by atoms with Crippen LogP contribution in [0.15, 0.2) is 18.2 Å². The van der Waals surface area contributed by atoms with E-state index >= 15 is 0 Å². The Kier molecular flexibility index (Phi) is 6.65. The van der Waals surface area contributed by atoms with Gasteiger partial charge < -0.3 is 15.2 Å². The lowest BCUT2D eigenvalue weighted by Crippen LogP contribution is -2.13. The molecule has 4 nitrogen and oxygen atoms in total. The molecule has 1 aromatic rings. The summed E-state index contributed by atoms with van der Waals surface area (Å²) in [4.78, 5) is 11.6. The van der Waals surface area contributed by atoms with Gasteiger partial charge in [-0.1, -0.05) is 17.9 Å². The monoisotopic (exact) mass is 261 g/mol. The number of aryl methyl sites for hydroxylation is 1. The molecule has 1 aromatic carbocycles. The fourth-order valence-corrected chi connectivity index (χ4v) is 1.47. The summed E-state index contributed by atoms with van der Waals surface area (Å²) >= 11 is 0. The highest BCUT2D eigenvalue weighted by Crippen LogP contribution is 2.14. The first-order valence-corrected chi connectivity index (χ1v) is 6.16. The van der Waals surface area contributed by atoms with Crippen molar-refractivity contribution in [2.75, 3.05) is 25.6 Å². The van der Waals surface area contributed by atoms with Gasteiger partial charge in [-0.25, -0.2) is 0 Å². The SMILES string of the molecule is COCCC(=O)Nc1ccc(C)c(C#CCCO)c1. The number of benzene rings is 1. The Morgan fingerprint density at radius 3 is 2.95 bits per heavy atom. The molecule has 0 aliphatic heterocycles. The second-order valence-corrected chi connectivity index (χ2v) is 4.10. The van der Waals surface area contributed by atoms with Crippen molar-refractivity contribution in [3.63, 3.8) is 0 Å². The van der Waals surface area contributed by atoms with Gasteiger partial charge in [-0.2, -0.15) is 0 Å². The van der Waals surface area contributed by atoms with Crippen molar-refractivity contribution in [2.24, 2.45) is 0 Å². The van der Waals surface area contributed by atoms with Crippen LogP contribution in [0.2, 0.25) is 0 Å². The number of hydrogen-bond donors (Lipinski definition) is 2. The fraction of sp³-hybridized carbons (Fsp3) is 0.400. The molecule has 1 rings (SSSR count). The van der Waals surface area contributed by atoms with E-state index in [0.29, 0.717) is 19.4 Å². The Hall–Kier alpha value is -1.83. The van der Waals surface area contributed by atoms with Gasteiger partial charge in [0.25, 0.3) is 0 Å². The first-order valence-electron chi connectivity index (χ1n) is 6.16. The average Bonchev–Trinajstić information content (AvgIpc) is 2.40. The zero-order valence-corrected chi connectivity index (χ0v) is 11.3. The Morgan fingerprint density at radius 1 is 1.47 bits per heavy atom. The number of aliphatic hydroxyl groups excluding tert-OH is 1. The predicted octanol–water partition coefficient (Wildman–Crippen LogP) is 1.70. The summed E-state index contributed by atoms with van der Waals surface area (Å²) in [6.07, 6.45) is 0.778. The fourth-order valence-electron chi connectivity index (χ4n) is 1.47. The summed E-state index contributed by atoms with van der Waals surface area (Å²) < 4.78 is 4.85. The zero-order chi connectivity index (χ0) is 14.1. The molecule has 0 fully saturated rings. The third-order valence-electron chi connectivity index (χ3n) is 2.51. The molecule has 0 aliphatic rings. The molecule has 2 N–H and O–H groups in total. The number of aliphatic hydroxyl groups is 1. The van der Waals surface area contributed by atoms with Gasteiger partial charge in [0.15, 0.2) is 0 Å². The number of nitrogens with one attached hydrogen (secondary N) is 1. The number of hydrogen-bond acceptors (Lipinski definition) is 3. The van der Waals surface area contributed by atoms with Gasteiger partial charge in [0.05, 0.1) is 19.6 Å². The summed E-state index contributed by atoms with van der Waals surface area (Å²) in [6.45, 7) is 2.42. The minimum Gasteiger partial charge on any atom is -0.395 e. The Labute approximate surface area is 113 Å². The van der Waals surface area contributed by atoms with Crippen LogP contribution in [0.25, 0.3) is 0 Å². The smallest absolute Gasteiger partial charge is 0.226 e. The molecule has 0 spiro atoms. The van der Waals surface area contributed by atoms with E-state index < -0.39 is 0 Å². The van der Waals surface area contributed by atoms with Crippen LogP contribution in [0.3, 0.4) is 0 Å². The molecule has 0 aliphatic carbocycles. The van der Waals surface area contributed by atoms with Crippen LogP contribution >= 0.6 is 0 Å². The number of anilines is 1. The van der Waals surface area contributed by atoms with Crippen molar-refractivity contribution in [3.05, 3.63) is 29.3 Å². The summed E-state index contributed by atoms with van der Waals surface area (Å²) in [5.41, 5.74) is 2.62. The van der Waals surface area contributed by atoms with Crippen molar-refractivity contribution < 1.29 is 14.6 Å². The third kappa shape index (κ3) is 5.56. The molecule has 102 valence electrons. The first-order chi connectivity index (χ1) is 9.17. The van der Waals surface area contributed by atoms with E-state index in [2.05, 4.69) is 17.2 Å². The van der Waals surface area contributed by atoms with Crippen molar-refractivity contribution >= 4 is 11.6 Å². The maximum Gasteiger partial charge on any atom is 0.226 e. The van der Waals surface area contributed by atoms with Crippen molar-refractivity contribution in [1.29, 1.82) is 0 Å². The highest BCUT2D eigenvalue weighted by Gasteiger charge is 2.03. The minimum atomic E-state index is -0.0834. The van der Waals surface area contributed by atoms with Gasteiger partial charge in [0.1, 0.15) is 0 Å². The second kappa shape index (κ2) is 8.30. The number of methoxy groups -OCH3 is 1. The van der Waals surface area contributed by atoms with Crippen molar-refractivity contribution in [1.82, 2.24) is 0 Å². The number of amides is 1. The largest absolute Gasteiger partial charge is 0.395 e. The summed E-state index contributed by atoms with van der Waals surface area (Å²) in [7, 11) is 1.56. The van der Waals surface area contributed by atoms with Gasteiger partial charge in [0.2, 0.25) is 5.91 Å². The van der Waals surface area contributed by atoms with E-state index in [1.165, 1.54) is 0 Å². The van der Waals surface area contributed by atoms with E-state index in [-0.39, 0.29) is 12.5 Å². The lowest BCUT2D eigenvalue weighted by atomic mass is 10.1. The molecule has 0 saturated heterocycles. The van der Waals surface area contributed by atoms with Crippen molar-refractivity contribution in [2.45, 2.75) is 19.8 Å². The third-order valence-corrected chi connectivity index (χ3v) is 2.51. The Balaban J connectivity index is 2.73. The van der Waals surface area contributed by atoms with Crippen LogP contribution in [0.4, 0.5) is 5.69 Å². The number of carbonyl (C=O) groups is 1. The van der Waals surface area contributed by atoms with Crippen LogP contribution in [-0.4, -0.2) is 31.3 Å². The molecule has 0 radical (unpaired) electrons. The van der Waals surface area contributed by atoms with E-state index in [9.17, 15) is 4.79 Å².